The lowest BCUT2D eigenvalue weighted by molar-refractivity contribution is -0.198. The van der Waals surface area contributed by atoms with E-state index in [1.165, 1.54) is 0 Å². The largest absolute Gasteiger partial charge is 0.480 e. The maximum absolute atomic E-state index is 12.9. The third-order valence-corrected chi connectivity index (χ3v) is 3.75. The Morgan fingerprint density at radius 1 is 1.20 bits per heavy atom. The summed E-state index contributed by atoms with van der Waals surface area (Å²) in [6, 6.07) is -1.15. The van der Waals surface area contributed by atoms with Crippen molar-refractivity contribution < 1.29 is 27.9 Å². The van der Waals surface area contributed by atoms with E-state index in [0.717, 1.165) is 0 Å². The molecule has 3 atom stereocenters. The zero-order valence-corrected chi connectivity index (χ0v) is 11.5. The number of carbonyl (C=O) groups excluding carboxylic acids is 1. The Hall–Kier alpha value is -1.27. The first-order valence-corrected chi connectivity index (χ1v) is 6.74. The van der Waals surface area contributed by atoms with Gasteiger partial charge in [0.1, 0.15) is 6.04 Å². The molecule has 1 aliphatic carbocycles. The molecule has 2 N–H and O–H groups in total. The van der Waals surface area contributed by atoms with Crippen LogP contribution in [0.4, 0.5) is 13.2 Å². The van der Waals surface area contributed by atoms with Crippen LogP contribution in [0.5, 0.6) is 0 Å². The minimum absolute atomic E-state index is 0.0684. The van der Waals surface area contributed by atoms with Crippen LogP contribution >= 0.6 is 0 Å². The molecular weight excluding hydrogens is 275 g/mol. The average Bonchev–Trinajstić information content (AvgIpc) is 2.33. The van der Waals surface area contributed by atoms with Crippen molar-refractivity contribution in [1.82, 2.24) is 5.32 Å². The van der Waals surface area contributed by atoms with Gasteiger partial charge in [0, 0.05) is 5.92 Å². The molecule has 0 bridgehead atoms. The van der Waals surface area contributed by atoms with Crippen molar-refractivity contribution in [1.29, 1.82) is 0 Å². The predicted octanol–water partition coefficient (Wildman–Crippen LogP) is 2.58. The molecule has 1 amide bonds. The molecule has 2 unspecified atom stereocenters. The quantitative estimate of drug-likeness (QED) is 0.837. The van der Waals surface area contributed by atoms with E-state index < -0.39 is 35.9 Å². The summed E-state index contributed by atoms with van der Waals surface area (Å²) in [5, 5.41) is 11.2. The number of rotatable bonds is 4. The van der Waals surface area contributed by atoms with Crippen molar-refractivity contribution in [3.63, 3.8) is 0 Å². The Labute approximate surface area is 115 Å². The Morgan fingerprint density at radius 2 is 1.75 bits per heavy atom. The van der Waals surface area contributed by atoms with Gasteiger partial charge in [0.05, 0.1) is 5.92 Å². The zero-order valence-electron chi connectivity index (χ0n) is 11.5. The van der Waals surface area contributed by atoms with Crippen LogP contribution in [0.15, 0.2) is 0 Å². The number of carboxylic acids is 1. The Balaban J connectivity index is 2.80. The first-order chi connectivity index (χ1) is 9.14. The van der Waals surface area contributed by atoms with Crippen molar-refractivity contribution in [2.24, 2.45) is 17.8 Å². The highest BCUT2D eigenvalue weighted by Gasteiger charge is 2.48. The molecule has 0 aliphatic heterocycles. The summed E-state index contributed by atoms with van der Waals surface area (Å²) in [6.45, 7) is 3.20. The molecule has 0 aromatic heterocycles. The van der Waals surface area contributed by atoms with E-state index in [2.05, 4.69) is 5.32 Å². The molecule has 0 aromatic carbocycles. The standard InChI is InChI=1S/C13H20F3NO3/c1-7(2)10(12(19)20)17-11(18)8-5-3-4-6-9(8)13(14,15)16/h7-10H,3-6H2,1-2H3,(H,17,18)(H,19,20)/t8?,9?,10-/m1/s1. The van der Waals surface area contributed by atoms with Crippen molar-refractivity contribution in [3.05, 3.63) is 0 Å². The van der Waals surface area contributed by atoms with Gasteiger partial charge >= 0.3 is 12.1 Å². The summed E-state index contributed by atoms with van der Waals surface area (Å²) in [4.78, 5) is 23.0. The van der Waals surface area contributed by atoms with Crippen molar-refractivity contribution in [3.8, 4) is 0 Å². The van der Waals surface area contributed by atoms with E-state index in [4.69, 9.17) is 5.11 Å². The molecule has 0 heterocycles. The Morgan fingerprint density at radius 3 is 2.20 bits per heavy atom. The first-order valence-electron chi connectivity index (χ1n) is 6.74. The van der Waals surface area contributed by atoms with Crippen LogP contribution in [0.1, 0.15) is 39.5 Å². The Kier molecular flexibility index (Phi) is 5.42. The van der Waals surface area contributed by atoms with Gasteiger partial charge in [0.15, 0.2) is 0 Å². The highest BCUT2D eigenvalue weighted by atomic mass is 19.4. The second-order valence-electron chi connectivity index (χ2n) is 5.61. The van der Waals surface area contributed by atoms with E-state index >= 15 is 0 Å². The van der Waals surface area contributed by atoms with Gasteiger partial charge in [-0.15, -0.1) is 0 Å². The molecule has 0 aromatic rings. The Bertz CT molecular complexity index is 368. The lowest BCUT2D eigenvalue weighted by atomic mass is 9.78. The van der Waals surface area contributed by atoms with Gasteiger partial charge in [-0.05, 0) is 18.8 Å². The number of carboxylic acid groups (broad SMARTS) is 1. The van der Waals surface area contributed by atoms with Gasteiger partial charge in [-0.2, -0.15) is 13.2 Å². The highest BCUT2D eigenvalue weighted by molar-refractivity contribution is 5.85. The predicted molar refractivity (Wildman–Crippen MR) is 65.9 cm³/mol. The van der Waals surface area contributed by atoms with Crippen LogP contribution in [0.3, 0.4) is 0 Å². The maximum atomic E-state index is 12.9. The summed E-state index contributed by atoms with van der Waals surface area (Å²) >= 11 is 0. The normalized spacial score (nSPS) is 25.3. The molecule has 0 radical (unpaired) electrons. The summed E-state index contributed by atoms with van der Waals surface area (Å²) in [5.41, 5.74) is 0. The molecule has 1 aliphatic rings. The van der Waals surface area contributed by atoms with E-state index in [1.54, 1.807) is 13.8 Å². The molecular formula is C13H20F3NO3. The fraction of sp³-hybridized carbons (Fsp3) is 0.846. The number of hydrogen-bond donors (Lipinski definition) is 2. The topological polar surface area (TPSA) is 66.4 Å². The van der Waals surface area contributed by atoms with Gasteiger partial charge in [0.2, 0.25) is 5.91 Å². The zero-order chi connectivity index (χ0) is 15.5. The second-order valence-corrected chi connectivity index (χ2v) is 5.61. The SMILES string of the molecule is CC(C)[C@@H](NC(=O)C1CCCCC1C(F)(F)F)C(=O)O. The summed E-state index contributed by atoms with van der Waals surface area (Å²) < 4.78 is 38.7. The lowest BCUT2D eigenvalue weighted by Gasteiger charge is -2.33. The van der Waals surface area contributed by atoms with E-state index in [1.807, 2.05) is 0 Å². The van der Waals surface area contributed by atoms with Crippen LogP contribution in [-0.4, -0.2) is 29.2 Å². The fourth-order valence-corrected chi connectivity index (χ4v) is 2.61. The number of aliphatic carboxylic acids is 1. The van der Waals surface area contributed by atoms with Crippen molar-refractivity contribution >= 4 is 11.9 Å². The number of nitrogens with one attached hydrogen (secondary N) is 1. The first kappa shape index (κ1) is 16.8. The molecule has 4 nitrogen and oxygen atoms in total. The minimum atomic E-state index is -4.42. The molecule has 0 spiro atoms. The number of amides is 1. The van der Waals surface area contributed by atoms with Crippen molar-refractivity contribution in [2.75, 3.05) is 0 Å². The molecule has 0 saturated heterocycles. The average molecular weight is 295 g/mol. The van der Waals surface area contributed by atoms with Gasteiger partial charge in [-0.1, -0.05) is 26.7 Å². The third-order valence-electron chi connectivity index (χ3n) is 3.75. The maximum Gasteiger partial charge on any atom is 0.392 e. The minimum Gasteiger partial charge on any atom is -0.480 e. The van der Waals surface area contributed by atoms with Crippen molar-refractivity contribution in [2.45, 2.75) is 51.7 Å². The van der Waals surface area contributed by atoms with Crippen LogP contribution < -0.4 is 5.32 Å². The molecule has 1 saturated carbocycles. The molecule has 7 heteroatoms. The summed E-state index contributed by atoms with van der Waals surface area (Å²) in [5.74, 6) is -5.26. The van der Waals surface area contributed by atoms with Crippen LogP contribution in [-0.2, 0) is 9.59 Å². The second kappa shape index (κ2) is 6.45. The highest BCUT2D eigenvalue weighted by Crippen LogP contribution is 2.41. The molecule has 116 valence electrons. The number of halogens is 3. The molecule has 1 rings (SSSR count). The van der Waals surface area contributed by atoms with Gasteiger partial charge < -0.3 is 10.4 Å². The van der Waals surface area contributed by atoms with Gasteiger partial charge in [-0.3, -0.25) is 4.79 Å². The summed E-state index contributed by atoms with van der Waals surface area (Å²) in [7, 11) is 0. The van der Waals surface area contributed by atoms with Crippen LogP contribution in [0.25, 0.3) is 0 Å². The third kappa shape index (κ3) is 4.11. The number of hydrogen-bond acceptors (Lipinski definition) is 2. The van der Waals surface area contributed by atoms with E-state index in [-0.39, 0.29) is 18.8 Å². The van der Waals surface area contributed by atoms with Crippen LogP contribution in [0, 0.1) is 17.8 Å². The number of alkyl halides is 3. The monoisotopic (exact) mass is 295 g/mol. The number of carbonyl (C=O) groups is 2. The fourth-order valence-electron chi connectivity index (χ4n) is 2.61. The van der Waals surface area contributed by atoms with E-state index in [0.29, 0.717) is 12.8 Å². The van der Waals surface area contributed by atoms with Gasteiger partial charge in [0.25, 0.3) is 0 Å². The van der Waals surface area contributed by atoms with E-state index in [9.17, 15) is 22.8 Å². The smallest absolute Gasteiger partial charge is 0.392 e. The molecule has 1 fully saturated rings. The lowest BCUT2D eigenvalue weighted by Crippen LogP contribution is -2.50. The molecule has 20 heavy (non-hydrogen) atoms. The van der Waals surface area contributed by atoms with Crippen LogP contribution in [0.2, 0.25) is 0 Å². The van der Waals surface area contributed by atoms with Gasteiger partial charge in [-0.25, -0.2) is 4.79 Å². The summed E-state index contributed by atoms with van der Waals surface area (Å²) in [6.07, 6.45) is -3.33.